The first kappa shape index (κ1) is 20.8. The number of hydrogen-bond acceptors (Lipinski definition) is 4. The second-order valence-corrected chi connectivity index (χ2v) is 8.72. The van der Waals surface area contributed by atoms with Gasteiger partial charge in [-0.2, -0.15) is 0 Å². The van der Waals surface area contributed by atoms with E-state index in [-0.39, 0.29) is 0 Å². The third-order valence-corrected chi connectivity index (χ3v) is 6.38. The first-order valence-electron chi connectivity index (χ1n) is 10.0. The Morgan fingerprint density at radius 2 is 1.04 bits per heavy atom. The summed E-state index contributed by atoms with van der Waals surface area (Å²) in [6, 6.07) is 17.8. The molecule has 28 heavy (non-hydrogen) atoms. The van der Waals surface area contributed by atoms with E-state index < -0.39 is 0 Å². The van der Waals surface area contributed by atoms with E-state index in [1.165, 1.54) is 40.0 Å². The third kappa shape index (κ3) is 5.30. The van der Waals surface area contributed by atoms with Crippen molar-refractivity contribution in [2.24, 2.45) is 0 Å². The molecule has 4 nitrogen and oxygen atoms in total. The molecule has 0 spiro atoms. The number of rotatable bonds is 6. The van der Waals surface area contributed by atoms with E-state index in [4.69, 9.17) is 0 Å². The van der Waals surface area contributed by atoms with Gasteiger partial charge in [-0.3, -0.25) is 0 Å². The summed E-state index contributed by atoms with van der Waals surface area (Å²) in [5, 5.41) is 0. The number of hydrogen-bond donors (Lipinski definition) is 0. The van der Waals surface area contributed by atoms with Crippen LogP contribution in [0.3, 0.4) is 0 Å². The fourth-order valence-electron chi connectivity index (χ4n) is 3.53. The van der Waals surface area contributed by atoms with E-state index in [1.807, 2.05) is 0 Å². The number of anilines is 2. The summed E-state index contributed by atoms with van der Waals surface area (Å²) in [5.41, 5.74) is 5.20. The first-order chi connectivity index (χ1) is 13.4. The van der Waals surface area contributed by atoms with Crippen molar-refractivity contribution in [2.45, 2.75) is 25.9 Å². The SMILES string of the molecule is CN(C)c1ccc(CN2CCCCN(Cc3ccc(N(C)C)cc3)C2=[Se])cc1. The van der Waals surface area contributed by atoms with Crippen molar-refractivity contribution >= 4 is 31.6 Å². The second-order valence-electron chi connectivity index (χ2n) is 7.95. The van der Waals surface area contributed by atoms with Gasteiger partial charge in [-0.05, 0) is 0 Å². The van der Waals surface area contributed by atoms with Crippen LogP contribution < -0.4 is 9.80 Å². The molecule has 3 rings (SSSR count). The van der Waals surface area contributed by atoms with Gasteiger partial charge in [-0.25, -0.2) is 0 Å². The quantitative estimate of drug-likeness (QED) is 0.636. The molecule has 0 unspecified atom stereocenters. The van der Waals surface area contributed by atoms with Crippen LogP contribution in [-0.4, -0.2) is 71.3 Å². The molecule has 0 amide bonds. The van der Waals surface area contributed by atoms with Gasteiger partial charge in [0.15, 0.2) is 0 Å². The molecule has 0 bridgehead atoms. The molecule has 2 aromatic rings. The van der Waals surface area contributed by atoms with Crippen LogP contribution in [0.2, 0.25) is 0 Å². The molecule has 0 aliphatic carbocycles. The summed E-state index contributed by atoms with van der Waals surface area (Å²) in [6.07, 6.45) is 2.47. The van der Waals surface area contributed by atoms with Gasteiger partial charge in [-0.1, -0.05) is 0 Å². The van der Waals surface area contributed by atoms with Gasteiger partial charge in [-0.15, -0.1) is 0 Å². The average molecular weight is 443 g/mol. The van der Waals surface area contributed by atoms with Crippen molar-refractivity contribution in [1.29, 1.82) is 0 Å². The van der Waals surface area contributed by atoms with Crippen LogP contribution in [0.1, 0.15) is 24.0 Å². The van der Waals surface area contributed by atoms with Crippen molar-refractivity contribution in [2.75, 3.05) is 51.1 Å². The Morgan fingerprint density at radius 3 is 1.36 bits per heavy atom. The summed E-state index contributed by atoms with van der Waals surface area (Å²) < 4.78 is 1.27. The number of nitrogens with zero attached hydrogens (tertiary/aromatic N) is 4. The van der Waals surface area contributed by atoms with E-state index in [2.05, 4.69) is 112 Å². The van der Waals surface area contributed by atoms with Crippen LogP contribution >= 0.6 is 0 Å². The summed E-state index contributed by atoms with van der Waals surface area (Å²) >= 11 is 3.37. The predicted octanol–water partition coefficient (Wildman–Crippen LogP) is 3.17. The van der Waals surface area contributed by atoms with Crippen molar-refractivity contribution in [3.63, 3.8) is 0 Å². The van der Waals surface area contributed by atoms with E-state index in [9.17, 15) is 0 Å². The molecule has 0 N–H and O–H groups in total. The fourth-order valence-corrected chi connectivity index (χ4v) is 4.18. The normalized spacial score (nSPS) is 14.8. The maximum atomic E-state index is 3.37. The summed E-state index contributed by atoms with van der Waals surface area (Å²) in [7, 11) is 8.33. The monoisotopic (exact) mass is 444 g/mol. The second kappa shape index (κ2) is 9.49. The summed E-state index contributed by atoms with van der Waals surface area (Å²) in [6.45, 7) is 4.11. The molecule has 0 saturated carbocycles. The summed E-state index contributed by atoms with van der Waals surface area (Å²) in [4.78, 5) is 9.27. The average Bonchev–Trinajstić information content (AvgIpc) is 2.85. The Bertz CT molecular complexity index is 703. The molecular weight excluding hydrogens is 411 g/mol. The van der Waals surface area contributed by atoms with Gasteiger partial charge in [0, 0.05) is 0 Å². The Labute approximate surface area is 178 Å². The van der Waals surface area contributed by atoms with Gasteiger partial charge in [0.05, 0.1) is 0 Å². The predicted molar refractivity (Wildman–Crippen MR) is 122 cm³/mol. The molecular formula is C23H32N4Se. The van der Waals surface area contributed by atoms with Crippen LogP contribution in [-0.2, 0) is 13.1 Å². The molecule has 150 valence electrons. The molecule has 0 radical (unpaired) electrons. The van der Waals surface area contributed by atoms with Crippen LogP contribution in [0.5, 0.6) is 0 Å². The molecule has 2 aromatic carbocycles. The zero-order valence-electron chi connectivity index (χ0n) is 17.6. The van der Waals surface area contributed by atoms with Crippen LogP contribution in [0.25, 0.3) is 0 Å². The number of benzene rings is 2. The van der Waals surface area contributed by atoms with Gasteiger partial charge in [0.2, 0.25) is 0 Å². The minimum atomic E-state index is 0.951. The molecule has 1 saturated heterocycles. The first-order valence-corrected chi connectivity index (χ1v) is 10.9. The van der Waals surface area contributed by atoms with E-state index in [1.54, 1.807) is 0 Å². The van der Waals surface area contributed by atoms with Gasteiger partial charge >= 0.3 is 178 Å². The van der Waals surface area contributed by atoms with Crippen LogP contribution in [0, 0.1) is 0 Å². The Kier molecular flexibility index (Phi) is 7.03. The molecule has 5 heteroatoms. The molecule has 0 atom stereocenters. The maximum absolute atomic E-state index is 3.37. The van der Waals surface area contributed by atoms with Crippen molar-refractivity contribution < 1.29 is 0 Å². The van der Waals surface area contributed by atoms with Crippen molar-refractivity contribution in [3.05, 3.63) is 59.7 Å². The zero-order valence-corrected chi connectivity index (χ0v) is 19.3. The van der Waals surface area contributed by atoms with Crippen LogP contribution in [0.15, 0.2) is 48.5 Å². The third-order valence-electron chi connectivity index (χ3n) is 5.30. The van der Waals surface area contributed by atoms with Gasteiger partial charge in [0.25, 0.3) is 0 Å². The standard InChI is InChI=1S/C23H32N4Se/c1-24(2)21-11-7-19(8-12-21)17-26-15-5-6-16-27(23(26)28)18-20-9-13-22(14-10-20)25(3)4/h7-14H,5-6,15-18H2,1-4H3. The molecule has 1 fully saturated rings. The zero-order chi connectivity index (χ0) is 20.1. The molecule has 1 aliphatic rings. The topological polar surface area (TPSA) is 13.0 Å². The Balaban J connectivity index is 1.67. The Morgan fingerprint density at radius 1 is 0.679 bits per heavy atom. The van der Waals surface area contributed by atoms with Gasteiger partial charge in [0.1, 0.15) is 0 Å². The fraction of sp³-hybridized carbons (Fsp3) is 0.435. The van der Waals surface area contributed by atoms with Crippen LogP contribution in [0.4, 0.5) is 11.4 Å². The summed E-state index contributed by atoms with van der Waals surface area (Å²) in [5.74, 6) is 0. The minimum absolute atomic E-state index is 0.951. The molecule has 1 aliphatic heterocycles. The Hall–Kier alpha value is -1.97. The van der Waals surface area contributed by atoms with Crippen molar-refractivity contribution in [1.82, 2.24) is 9.80 Å². The molecule has 0 aromatic heterocycles. The molecule has 1 heterocycles. The van der Waals surface area contributed by atoms with Crippen molar-refractivity contribution in [3.8, 4) is 0 Å². The van der Waals surface area contributed by atoms with E-state index in [0.29, 0.717) is 0 Å². The van der Waals surface area contributed by atoms with E-state index in [0.717, 1.165) is 26.2 Å². The van der Waals surface area contributed by atoms with Gasteiger partial charge < -0.3 is 0 Å². The van der Waals surface area contributed by atoms with E-state index >= 15 is 0 Å².